The van der Waals surface area contributed by atoms with Gasteiger partial charge in [0.2, 0.25) is 5.69 Å². The van der Waals surface area contributed by atoms with Crippen molar-refractivity contribution in [1.82, 2.24) is 5.06 Å². The molecule has 1 saturated heterocycles. The maximum absolute atomic E-state index is 12.7. The predicted octanol–water partition coefficient (Wildman–Crippen LogP) is 4.24. The molecule has 2 N–H and O–H groups in total. The second-order valence-corrected chi connectivity index (χ2v) is 25.0. The Hall–Kier alpha value is -5.08. The van der Waals surface area contributed by atoms with Gasteiger partial charge in [0.1, 0.15) is 6.61 Å². The van der Waals surface area contributed by atoms with E-state index < -0.39 is 48.8 Å². The number of allylic oxidation sites excluding steroid dienone is 6. The van der Waals surface area contributed by atoms with Crippen LogP contribution in [-0.4, -0.2) is 285 Å². The van der Waals surface area contributed by atoms with Crippen LogP contribution in [0, 0.1) is 0 Å². The number of carbonyl (C=O) groups excluding carboxylic acids is 3. The lowest BCUT2D eigenvalue weighted by Crippen LogP contribution is -2.33. The number of hydroxylamine groups is 2. The number of imide groups is 1. The first-order valence-corrected chi connectivity index (χ1v) is 35.0. The van der Waals surface area contributed by atoms with Gasteiger partial charge in [-0.25, -0.2) is 4.79 Å². The van der Waals surface area contributed by atoms with Crippen LogP contribution in [0.3, 0.4) is 0 Å². The standard InChI is InChI=1S/C65H99N3O26S2/c1-64(18-23-82-34-39-90-46-43-86-30-27-78-3)55-51-53(95(72,73)74)11-13-57(55)66(20-25-84-36-41-92-48-45-88-32-29-80-5)59(64)9-7-6-8-10-60-65(2,19-24-83-35-40-91-47-44-87-31-28-79-4)56-52-54(96(75,76)77)12-14-58(56)67(60)21-26-85-37-42-93-50-49-89-38-33-81-22-17-63(71)94-68-61(69)15-16-62(68)70/h6-14,51-52H,15-50H2,1-5H3,(H-,72,73,74,75,76,77)/p+1. The van der Waals surface area contributed by atoms with Gasteiger partial charge in [0, 0.05) is 88.4 Å². The Balaban J connectivity index is 1.33. The van der Waals surface area contributed by atoms with Crippen molar-refractivity contribution in [3.8, 4) is 0 Å². The Morgan fingerprint density at radius 1 is 0.490 bits per heavy atom. The Labute approximate surface area is 564 Å². The summed E-state index contributed by atoms with van der Waals surface area (Å²) in [5.74, 6) is -1.87. The Morgan fingerprint density at radius 3 is 1.34 bits per heavy atom. The molecule has 1 fully saturated rings. The second kappa shape index (κ2) is 45.6. The Bertz CT molecular complexity index is 2990. The molecule has 0 aliphatic carbocycles. The van der Waals surface area contributed by atoms with E-state index in [0.29, 0.717) is 154 Å². The predicted molar refractivity (Wildman–Crippen MR) is 348 cm³/mol. The van der Waals surface area contributed by atoms with Crippen molar-refractivity contribution in [3.05, 3.63) is 83.6 Å². The normalized spacial score (nSPS) is 17.8. The van der Waals surface area contributed by atoms with Gasteiger partial charge in [-0.05, 0) is 68.7 Å². The van der Waals surface area contributed by atoms with E-state index >= 15 is 0 Å². The van der Waals surface area contributed by atoms with Crippen molar-refractivity contribution >= 4 is 55.1 Å². The number of nitrogens with zero attached hydrogens (tertiary/aromatic N) is 3. The molecule has 0 saturated carbocycles. The number of rotatable bonds is 57. The van der Waals surface area contributed by atoms with E-state index in [0.717, 1.165) is 17.1 Å². The fraction of sp³-hybridized carbons (Fsp3) is 0.662. The van der Waals surface area contributed by atoms with Gasteiger partial charge in [-0.2, -0.15) is 21.4 Å². The highest BCUT2D eigenvalue weighted by atomic mass is 32.2. The third-order valence-electron chi connectivity index (χ3n) is 15.4. The number of hydrogen-bond donors (Lipinski definition) is 2. The summed E-state index contributed by atoms with van der Waals surface area (Å²) in [5.41, 5.74) is 2.55. The van der Waals surface area contributed by atoms with Gasteiger partial charge in [0.15, 0.2) is 12.3 Å². The lowest BCUT2D eigenvalue weighted by atomic mass is 9.76. The minimum atomic E-state index is -4.62. The van der Waals surface area contributed by atoms with Crippen LogP contribution in [0.5, 0.6) is 0 Å². The molecule has 29 nitrogen and oxygen atoms in total. The summed E-state index contributed by atoms with van der Waals surface area (Å²) >= 11 is 0. The number of anilines is 1. The van der Waals surface area contributed by atoms with E-state index in [9.17, 15) is 40.3 Å². The highest BCUT2D eigenvalue weighted by Crippen LogP contribution is 2.51. The number of ether oxygens (including phenoxy) is 16. The minimum Gasteiger partial charge on any atom is -0.382 e. The van der Waals surface area contributed by atoms with Crippen molar-refractivity contribution < 1.29 is 126 Å². The van der Waals surface area contributed by atoms with Gasteiger partial charge in [0.25, 0.3) is 32.1 Å². The molecule has 542 valence electrons. The molecule has 2 aromatic rings. The molecular formula is C65H100N3O26S2+. The number of hydrogen-bond acceptors (Lipinski definition) is 25. The first kappa shape index (κ1) is 81.6. The highest BCUT2D eigenvalue weighted by Gasteiger charge is 2.48. The molecule has 0 radical (unpaired) electrons. The van der Waals surface area contributed by atoms with Crippen molar-refractivity contribution in [1.29, 1.82) is 0 Å². The molecule has 2 atom stereocenters. The Morgan fingerprint density at radius 2 is 0.885 bits per heavy atom. The van der Waals surface area contributed by atoms with Gasteiger partial charge >= 0.3 is 5.97 Å². The number of fused-ring (bicyclic) bond motifs is 2. The molecule has 2 amide bonds. The zero-order chi connectivity index (χ0) is 69.3. The fourth-order valence-corrected chi connectivity index (χ4v) is 11.4. The van der Waals surface area contributed by atoms with Crippen LogP contribution in [0.1, 0.15) is 57.1 Å². The third-order valence-corrected chi connectivity index (χ3v) is 17.1. The van der Waals surface area contributed by atoms with E-state index in [1.165, 1.54) is 24.3 Å². The van der Waals surface area contributed by atoms with Crippen LogP contribution >= 0.6 is 0 Å². The van der Waals surface area contributed by atoms with Gasteiger partial charge in [0.05, 0.1) is 193 Å². The van der Waals surface area contributed by atoms with E-state index in [4.69, 9.17) is 80.6 Å². The van der Waals surface area contributed by atoms with Crippen LogP contribution in [-0.2, 0) is 126 Å². The summed E-state index contributed by atoms with van der Waals surface area (Å²) in [7, 11) is -4.41. The summed E-state index contributed by atoms with van der Waals surface area (Å²) in [4.78, 5) is 41.7. The molecule has 3 aliphatic rings. The van der Waals surface area contributed by atoms with Crippen molar-refractivity contribution in [2.45, 2.75) is 66.6 Å². The number of amides is 2. The summed E-state index contributed by atoms with van der Waals surface area (Å²) in [6, 6.07) is 9.08. The van der Waals surface area contributed by atoms with Crippen LogP contribution in [0.25, 0.3) is 0 Å². The van der Waals surface area contributed by atoms with Crippen LogP contribution in [0.4, 0.5) is 11.4 Å². The average molecular weight is 1400 g/mol. The first-order valence-electron chi connectivity index (χ1n) is 32.2. The zero-order valence-electron chi connectivity index (χ0n) is 56.2. The molecular weight excluding hydrogens is 1300 g/mol. The van der Waals surface area contributed by atoms with E-state index in [-0.39, 0.29) is 115 Å². The molecule has 3 heterocycles. The van der Waals surface area contributed by atoms with E-state index in [1.807, 2.05) is 44.2 Å². The molecule has 0 aromatic heterocycles. The summed E-state index contributed by atoms with van der Waals surface area (Å²) < 4.78 is 163. The highest BCUT2D eigenvalue weighted by molar-refractivity contribution is 7.86. The maximum Gasteiger partial charge on any atom is 0.335 e. The molecule has 31 heteroatoms. The van der Waals surface area contributed by atoms with Crippen molar-refractivity contribution in [3.63, 3.8) is 0 Å². The molecule has 5 rings (SSSR count). The van der Waals surface area contributed by atoms with Gasteiger partial charge in [-0.3, -0.25) is 18.7 Å². The molecule has 0 spiro atoms. The summed E-state index contributed by atoms with van der Waals surface area (Å²) in [6.07, 6.45) is 10.2. The van der Waals surface area contributed by atoms with Gasteiger partial charge in [-0.1, -0.05) is 18.2 Å². The lowest BCUT2D eigenvalue weighted by molar-refractivity contribution is -0.442. The van der Waals surface area contributed by atoms with Crippen molar-refractivity contribution in [2.24, 2.45) is 0 Å². The second-order valence-electron chi connectivity index (χ2n) is 22.2. The summed E-state index contributed by atoms with van der Waals surface area (Å²) in [5, 5.41) is 0.494. The van der Waals surface area contributed by atoms with E-state index in [1.54, 1.807) is 33.5 Å². The van der Waals surface area contributed by atoms with Crippen molar-refractivity contribution in [2.75, 3.05) is 231 Å². The lowest BCUT2D eigenvalue weighted by Gasteiger charge is -2.30. The third kappa shape index (κ3) is 28.3. The average Bonchev–Trinajstić information content (AvgIpc) is 1.57. The topological polar surface area (TPSA) is 326 Å². The number of carbonyl (C=O) groups is 3. The smallest absolute Gasteiger partial charge is 0.335 e. The van der Waals surface area contributed by atoms with Gasteiger partial charge < -0.3 is 85.5 Å². The fourth-order valence-electron chi connectivity index (χ4n) is 10.4. The molecule has 3 aliphatic heterocycles. The maximum atomic E-state index is 12.7. The first-order chi connectivity index (χ1) is 46.4. The SMILES string of the molecule is COCCOCCOCCOCC[N+]1=C(C=CC=CC=C2N(CCOCCOCCOCCOCCC(=O)ON3C(=O)CCC3=O)c3ccc(S(=O)(=O)O)cc3C2(C)CCOCCOCCOCCOC)C(C)(CCOCCOCCOCCOC)c2cc(S(=O)(=O)O)ccc21. The quantitative estimate of drug-likeness (QED) is 0.0307. The largest absolute Gasteiger partial charge is 0.382 e. The molecule has 96 heavy (non-hydrogen) atoms. The van der Waals surface area contributed by atoms with E-state index in [2.05, 4.69) is 9.48 Å². The molecule has 0 bridgehead atoms. The van der Waals surface area contributed by atoms with Crippen LogP contribution in [0.15, 0.2) is 82.3 Å². The summed E-state index contributed by atoms with van der Waals surface area (Å²) in [6.45, 7) is 14.1. The number of methoxy groups -OCH3 is 3. The monoisotopic (exact) mass is 1400 g/mol. The molecule has 2 unspecified atom stereocenters. The minimum absolute atomic E-state index is 0.00706. The van der Waals surface area contributed by atoms with Crippen LogP contribution < -0.4 is 4.90 Å². The zero-order valence-corrected chi connectivity index (χ0v) is 57.8. The van der Waals surface area contributed by atoms with Crippen LogP contribution in [0.2, 0.25) is 0 Å². The molecule has 2 aromatic carbocycles. The van der Waals surface area contributed by atoms with Gasteiger partial charge in [-0.15, -0.1) is 5.06 Å². The Kier molecular flexibility index (Phi) is 38.7. The number of benzene rings is 2.